The van der Waals surface area contributed by atoms with Crippen LogP contribution in [0.1, 0.15) is 60.9 Å². The number of benzene rings is 1. The minimum absolute atomic E-state index is 0.383. The maximum Gasteiger partial charge on any atom is 0.182 e. The number of fused-ring (bicyclic) bond motifs is 2. The fourth-order valence-corrected chi connectivity index (χ4v) is 5.41. The fourth-order valence-electron chi connectivity index (χ4n) is 5.41. The molecule has 0 bridgehead atoms. The molecule has 5 aromatic rings. The van der Waals surface area contributed by atoms with Crippen molar-refractivity contribution in [3.63, 3.8) is 0 Å². The highest BCUT2D eigenvalue weighted by Crippen LogP contribution is 2.38. The van der Waals surface area contributed by atoms with Crippen LogP contribution in [0, 0.1) is 6.92 Å². The molecule has 2 N–H and O–H groups in total. The number of aryl methyl sites for hydroxylation is 1. The number of nitrogens with zero attached hydrogens (tertiary/aromatic N) is 7. The van der Waals surface area contributed by atoms with E-state index in [9.17, 15) is 0 Å². The molecule has 0 aliphatic carbocycles. The topological polar surface area (TPSA) is 104 Å². The Morgan fingerprint density at radius 2 is 2.00 bits per heavy atom. The summed E-state index contributed by atoms with van der Waals surface area (Å²) in [7, 11) is 0. The summed E-state index contributed by atoms with van der Waals surface area (Å²) in [5, 5.41) is 24.2. The summed E-state index contributed by atoms with van der Waals surface area (Å²) >= 11 is 0. The Morgan fingerprint density at radius 1 is 1.15 bits per heavy atom. The van der Waals surface area contributed by atoms with Crippen LogP contribution in [0.2, 0.25) is 0 Å². The van der Waals surface area contributed by atoms with Crippen molar-refractivity contribution in [2.75, 3.05) is 13.1 Å². The van der Waals surface area contributed by atoms with Gasteiger partial charge in [0.2, 0.25) is 0 Å². The van der Waals surface area contributed by atoms with Crippen molar-refractivity contribution in [3.05, 3.63) is 59.0 Å². The predicted octanol–water partition coefficient (Wildman–Crippen LogP) is 4.20. The average Bonchev–Trinajstić information content (AvgIpc) is 3.58. The number of hydrogen-bond donors (Lipinski definition) is 2. The van der Waals surface area contributed by atoms with Crippen LogP contribution >= 0.6 is 0 Å². The summed E-state index contributed by atoms with van der Waals surface area (Å²) in [6.07, 6.45) is 6.15. The molecule has 6 rings (SSSR count). The van der Waals surface area contributed by atoms with Gasteiger partial charge in [-0.25, -0.2) is 0 Å². The van der Waals surface area contributed by atoms with Crippen molar-refractivity contribution in [1.82, 2.24) is 45.3 Å². The van der Waals surface area contributed by atoms with Crippen LogP contribution < -0.4 is 0 Å². The van der Waals surface area contributed by atoms with Crippen LogP contribution in [0.5, 0.6) is 0 Å². The highest BCUT2D eigenvalue weighted by molar-refractivity contribution is 5.92. The lowest BCUT2D eigenvalue weighted by Crippen LogP contribution is -2.32. The van der Waals surface area contributed by atoms with Crippen LogP contribution in [0.25, 0.3) is 27.8 Å². The second-order valence-corrected chi connectivity index (χ2v) is 9.74. The molecule has 4 aromatic heterocycles. The number of hydrogen-bond acceptors (Lipinski definition) is 6. The first kappa shape index (κ1) is 21.0. The van der Waals surface area contributed by atoms with Gasteiger partial charge in [0.15, 0.2) is 5.65 Å². The van der Waals surface area contributed by atoms with Gasteiger partial charge in [0.25, 0.3) is 0 Å². The smallest absolute Gasteiger partial charge is 0.182 e. The third-order valence-electron chi connectivity index (χ3n) is 7.12. The van der Waals surface area contributed by atoms with E-state index in [0.29, 0.717) is 11.8 Å². The second kappa shape index (κ2) is 8.32. The Kier molecular flexibility index (Phi) is 5.13. The quantitative estimate of drug-likeness (QED) is 0.412. The van der Waals surface area contributed by atoms with Gasteiger partial charge in [0.1, 0.15) is 0 Å². The molecular weight excluding hydrogens is 426 g/mol. The molecule has 0 spiro atoms. The molecule has 1 aliphatic heterocycles. The first-order valence-electron chi connectivity index (χ1n) is 12.0. The van der Waals surface area contributed by atoms with E-state index in [1.165, 1.54) is 22.0 Å². The van der Waals surface area contributed by atoms with Gasteiger partial charge in [0.05, 0.1) is 17.6 Å². The maximum absolute atomic E-state index is 4.20. The predicted molar refractivity (Wildman–Crippen MR) is 131 cm³/mol. The first-order chi connectivity index (χ1) is 16.6. The van der Waals surface area contributed by atoms with Gasteiger partial charge in [-0.3, -0.25) is 4.90 Å². The Labute approximate surface area is 197 Å². The number of H-pyrrole nitrogens is 2. The molecule has 0 amide bonds. The highest BCUT2D eigenvalue weighted by atomic mass is 15.5. The van der Waals surface area contributed by atoms with Crippen molar-refractivity contribution in [3.8, 4) is 11.3 Å². The van der Waals surface area contributed by atoms with Gasteiger partial charge in [-0.1, -0.05) is 19.9 Å². The van der Waals surface area contributed by atoms with E-state index in [-0.39, 0.29) is 0 Å². The molecule has 9 nitrogen and oxygen atoms in total. The van der Waals surface area contributed by atoms with Gasteiger partial charge < -0.3 is 4.98 Å². The number of nitrogens with one attached hydrogen (secondary N) is 2. The summed E-state index contributed by atoms with van der Waals surface area (Å²) < 4.78 is 1.76. The molecule has 0 unspecified atom stereocenters. The van der Waals surface area contributed by atoms with E-state index in [1.54, 1.807) is 4.52 Å². The largest absolute Gasteiger partial charge is 0.354 e. The molecule has 5 heterocycles. The van der Waals surface area contributed by atoms with Gasteiger partial charge in [0, 0.05) is 29.2 Å². The van der Waals surface area contributed by atoms with E-state index in [4.69, 9.17) is 0 Å². The lowest BCUT2D eigenvalue weighted by molar-refractivity contribution is 0.202. The SMILES string of the molecule is Cc1cc(-c2[nH]c3ccc(C4CCN(Cc5cn[nH]n5)CC4)cc3c2C(C)C)cn2nnnc12. The van der Waals surface area contributed by atoms with Crippen LogP contribution in [0.3, 0.4) is 0 Å². The zero-order chi connectivity index (χ0) is 23.2. The van der Waals surface area contributed by atoms with Crippen molar-refractivity contribution >= 4 is 16.6 Å². The molecule has 0 atom stereocenters. The normalized spacial score (nSPS) is 15.8. The third kappa shape index (κ3) is 3.66. The molecule has 34 heavy (non-hydrogen) atoms. The zero-order valence-electron chi connectivity index (χ0n) is 19.8. The monoisotopic (exact) mass is 455 g/mol. The van der Waals surface area contributed by atoms with E-state index in [0.717, 1.165) is 60.6 Å². The van der Waals surface area contributed by atoms with Crippen LogP contribution in [0.15, 0.2) is 36.7 Å². The Balaban J connectivity index is 1.31. The molecule has 9 heteroatoms. The third-order valence-corrected chi connectivity index (χ3v) is 7.12. The summed E-state index contributed by atoms with van der Waals surface area (Å²) in [6.45, 7) is 9.62. The van der Waals surface area contributed by atoms with E-state index in [2.05, 4.69) is 85.9 Å². The van der Waals surface area contributed by atoms with Gasteiger partial charge >= 0.3 is 0 Å². The van der Waals surface area contributed by atoms with Crippen LogP contribution in [0.4, 0.5) is 0 Å². The number of pyridine rings is 1. The summed E-state index contributed by atoms with van der Waals surface area (Å²) in [5.74, 6) is 0.962. The standard InChI is InChI=1S/C25H29N9/c1-15(2)23-21-11-18(17-6-8-33(9-7-17)14-20-12-26-30-28-20)4-5-22(21)27-24(23)19-10-16(3)25-29-31-32-34(25)13-19/h4-5,10-13,15,17,27H,6-9,14H2,1-3H3,(H,26,28,30). The summed E-state index contributed by atoms with van der Waals surface area (Å²) in [6, 6.07) is 9.16. The zero-order valence-corrected chi connectivity index (χ0v) is 19.8. The molecule has 174 valence electrons. The minimum Gasteiger partial charge on any atom is -0.354 e. The number of tetrazole rings is 1. The molecule has 1 saturated heterocycles. The van der Waals surface area contributed by atoms with Crippen molar-refractivity contribution in [1.29, 1.82) is 0 Å². The average molecular weight is 456 g/mol. The fraction of sp³-hybridized carbons (Fsp3) is 0.400. The summed E-state index contributed by atoms with van der Waals surface area (Å²) in [5.41, 5.74) is 9.11. The summed E-state index contributed by atoms with van der Waals surface area (Å²) in [4.78, 5) is 6.17. The maximum atomic E-state index is 4.20. The van der Waals surface area contributed by atoms with E-state index in [1.807, 2.05) is 12.4 Å². The lowest BCUT2D eigenvalue weighted by atomic mass is 9.87. The van der Waals surface area contributed by atoms with E-state index >= 15 is 0 Å². The number of piperidine rings is 1. The highest BCUT2D eigenvalue weighted by Gasteiger charge is 2.23. The second-order valence-electron chi connectivity index (χ2n) is 9.74. The van der Waals surface area contributed by atoms with Gasteiger partial charge in [-0.05, 0) is 90.0 Å². The minimum atomic E-state index is 0.383. The van der Waals surface area contributed by atoms with Crippen molar-refractivity contribution in [2.45, 2.75) is 52.0 Å². The first-order valence-corrected chi connectivity index (χ1v) is 12.0. The van der Waals surface area contributed by atoms with Gasteiger partial charge in [-0.2, -0.15) is 19.9 Å². The Morgan fingerprint density at radius 3 is 2.76 bits per heavy atom. The van der Waals surface area contributed by atoms with Crippen molar-refractivity contribution in [2.24, 2.45) is 0 Å². The van der Waals surface area contributed by atoms with Crippen molar-refractivity contribution < 1.29 is 0 Å². The number of aromatic nitrogens is 8. The molecule has 0 saturated carbocycles. The Hall–Kier alpha value is -3.59. The van der Waals surface area contributed by atoms with Crippen LogP contribution in [-0.2, 0) is 6.54 Å². The molecular formula is C25H29N9. The molecule has 1 aliphatic rings. The molecule has 1 aromatic carbocycles. The lowest BCUT2D eigenvalue weighted by Gasteiger charge is -2.31. The molecule has 1 fully saturated rings. The van der Waals surface area contributed by atoms with Gasteiger partial charge in [-0.15, -0.1) is 5.10 Å². The van der Waals surface area contributed by atoms with E-state index < -0.39 is 0 Å². The molecule has 0 radical (unpaired) electrons. The number of aromatic amines is 2. The number of rotatable bonds is 5. The number of likely N-dealkylation sites (tertiary alicyclic amines) is 1. The van der Waals surface area contributed by atoms with Crippen LogP contribution in [-0.4, -0.2) is 58.4 Å². The Bertz CT molecular complexity index is 1440.